The number of hydrogen-bond acceptors (Lipinski definition) is 4. The van der Waals surface area contributed by atoms with Gasteiger partial charge in [0.1, 0.15) is 5.75 Å². The zero-order valence-corrected chi connectivity index (χ0v) is 17.4. The van der Waals surface area contributed by atoms with Gasteiger partial charge in [-0.1, -0.05) is 31.0 Å². The monoisotopic (exact) mass is 386 g/mol. The van der Waals surface area contributed by atoms with Crippen molar-refractivity contribution in [3.8, 4) is 5.75 Å². The molecule has 2 unspecified atom stereocenters. The molecule has 146 valence electrons. The Balaban J connectivity index is 1.71. The molecule has 5 heteroatoms. The van der Waals surface area contributed by atoms with Gasteiger partial charge in [-0.25, -0.2) is 0 Å². The minimum atomic E-state index is 0.115. The lowest BCUT2D eigenvalue weighted by molar-refractivity contribution is -0.133. The minimum absolute atomic E-state index is 0.115. The molecule has 0 bridgehead atoms. The molecule has 0 N–H and O–H groups in total. The van der Waals surface area contributed by atoms with E-state index in [1.54, 1.807) is 18.4 Å². The zero-order chi connectivity index (χ0) is 19.2. The lowest BCUT2D eigenvalue weighted by atomic mass is 10.0. The van der Waals surface area contributed by atoms with E-state index in [4.69, 9.17) is 4.74 Å². The van der Waals surface area contributed by atoms with Crippen LogP contribution in [-0.4, -0.2) is 43.0 Å². The summed E-state index contributed by atoms with van der Waals surface area (Å²) in [5.41, 5.74) is 1.28. The molecule has 1 aromatic carbocycles. The van der Waals surface area contributed by atoms with E-state index in [-0.39, 0.29) is 11.9 Å². The molecule has 1 aliphatic heterocycles. The lowest BCUT2D eigenvalue weighted by Crippen LogP contribution is -2.41. The lowest BCUT2D eigenvalue weighted by Gasteiger charge is -2.33. The molecular formula is C22H30N2O2S. The van der Waals surface area contributed by atoms with Crippen LogP contribution in [0.1, 0.15) is 55.1 Å². The quantitative estimate of drug-likeness (QED) is 0.708. The van der Waals surface area contributed by atoms with Gasteiger partial charge < -0.3 is 9.64 Å². The molecule has 0 aliphatic carbocycles. The molecule has 0 radical (unpaired) electrons. The molecule has 1 saturated heterocycles. The van der Waals surface area contributed by atoms with Crippen molar-refractivity contribution in [1.29, 1.82) is 0 Å². The standard InChI is InChI=1S/C22H30N2O2S/c1-17(21-9-7-15-27-21)23(2)22(25)16-24-14-6-4-5-8-20(24)18-10-12-19(26-3)13-11-18/h7,9-13,15,17,20H,4-6,8,14,16H2,1-3H3. The molecule has 2 heterocycles. The van der Waals surface area contributed by atoms with Crippen molar-refractivity contribution in [3.05, 3.63) is 52.2 Å². The Morgan fingerprint density at radius 2 is 2.04 bits per heavy atom. The summed E-state index contributed by atoms with van der Waals surface area (Å²) >= 11 is 1.71. The van der Waals surface area contributed by atoms with Crippen LogP contribution in [0.2, 0.25) is 0 Å². The second-order valence-corrected chi connectivity index (χ2v) is 8.28. The Bertz CT molecular complexity index is 714. The van der Waals surface area contributed by atoms with E-state index in [0.717, 1.165) is 25.1 Å². The third-order valence-corrected chi connectivity index (χ3v) is 6.67. The number of ether oxygens (including phenoxy) is 1. The minimum Gasteiger partial charge on any atom is -0.497 e. The first-order chi connectivity index (χ1) is 13.1. The number of benzene rings is 1. The van der Waals surface area contributed by atoms with Gasteiger partial charge in [-0.2, -0.15) is 0 Å². The van der Waals surface area contributed by atoms with Crippen molar-refractivity contribution >= 4 is 17.2 Å². The normalized spacial score (nSPS) is 19.3. The van der Waals surface area contributed by atoms with Crippen molar-refractivity contribution in [1.82, 2.24) is 9.80 Å². The highest BCUT2D eigenvalue weighted by Crippen LogP contribution is 2.31. The van der Waals surface area contributed by atoms with E-state index >= 15 is 0 Å². The molecule has 0 saturated carbocycles. The molecule has 2 aromatic rings. The van der Waals surface area contributed by atoms with Gasteiger partial charge in [0.25, 0.3) is 0 Å². The van der Waals surface area contributed by atoms with Gasteiger partial charge in [0.05, 0.1) is 19.7 Å². The van der Waals surface area contributed by atoms with E-state index in [2.05, 4.69) is 35.4 Å². The van der Waals surface area contributed by atoms with Crippen LogP contribution in [0.5, 0.6) is 5.75 Å². The highest BCUT2D eigenvalue weighted by molar-refractivity contribution is 7.10. The van der Waals surface area contributed by atoms with Crippen LogP contribution < -0.4 is 4.74 Å². The van der Waals surface area contributed by atoms with Gasteiger partial charge in [0, 0.05) is 18.0 Å². The Kier molecular flexibility index (Phi) is 6.91. The summed E-state index contributed by atoms with van der Waals surface area (Å²) in [6, 6.07) is 12.9. The maximum absolute atomic E-state index is 13.0. The van der Waals surface area contributed by atoms with Crippen LogP contribution >= 0.6 is 11.3 Å². The van der Waals surface area contributed by atoms with E-state index in [1.165, 1.54) is 23.3 Å². The fourth-order valence-corrected chi connectivity index (χ4v) is 4.61. The van der Waals surface area contributed by atoms with Crippen LogP contribution in [-0.2, 0) is 4.79 Å². The summed E-state index contributed by atoms with van der Waals surface area (Å²) in [6.45, 7) is 3.56. The smallest absolute Gasteiger partial charge is 0.237 e. The van der Waals surface area contributed by atoms with Crippen molar-refractivity contribution < 1.29 is 9.53 Å². The van der Waals surface area contributed by atoms with Gasteiger partial charge in [-0.05, 0) is 55.5 Å². The summed E-state index contributed by atoms with van der Waals surface area (Å²) in [7, 11) is 3.61. The average molecular weight is 387 g/mol. The van der Waals surface area contributed by atoms with E-state index in [9.17, 15) is 4.79 Å². The molecule has 1 aromatic heterocycles. The van der Waals surface area contributed by atoms with Gasteiger partial charge in [-0.3, -0.25) is 9.69 Å². The van der Waals surface area contributed by atoms with Crippen molar-refractivity contribution in [3.63, 3.8) is 0 Å². The number of likely N-dealkylation sites (tertiary alicyclic amines) is 1. The summed E-state index contributed by atoms with van der Waals surface area (Å²) in [6.07, 6.45) is 4.70. The fourth-order valence-electron chi connectivity index (χ4n) is 3.78. The molecule has 2 atom stereocenters. The summed E-state index contributed by atoms with van der Waals surface area (Å²) in [5, 5.41) is 2.07. The summed E-state index contributed by atoms with van der Waals surface area (Å²) in [4.78, 5) is 18.5. The Morgan fingerprint density at radius 3 is 2.70 bits per heavy atom. The second kappa shape index (κ2) is 9.38. The number of rotatable bonds is 6. The first-order valence-electron chi connectivity index (χ1n) is 9.77. The zero-order valence-electron chi connectivity index (χ0n) is 16.6. The summed E-state index contributed by atoms with van der Waals surface area (Å²) in [5.74, 6) is 1.07. The number of likely N-dealkylation sites (N-methyl/N-ethyl adjacent to an activating group) is 1. The van der Waals surface area contributed by atoms with E-state index in [1.807, 2.05) is 30.1 Å². The first-order valence-corrected chi connectivity index (χ1v) is 10.6. The number of amides is 1. The number of hydrogen-bond donors (Lipinski definition) is 0. The third-order valence-electron chi connectivity index (χ3n) is 5.63. The molecule has 1 amide bonds. The van der Waals surface area contributed by atoms with Crippen LogP contribution in [0.4, 0.5) is 0 Å². The van der Waals surface area contributed by atoms with Gasteiger partial charge in [-0.15, -0.1) is 11.3 Å². The largest absolute Gasteiger partial charge is 0.497 e. The Morgan fingerprint density at radius 1 is 1.26 bits per heavy atom. The summed E-state index contributed by atoms with van der Waals surface area (Å²) < 4.78 is 5.29. The average Bonchev–Trinajstić information content (AvgIpc) is 3.14. The molecule has 0 spiro atoms. The number of nitrogens with zero attached hydrogens (tertiary/aromatic N) is 2. The Labute approximate surface area is 166 Å². The second-order valence-electron chi connectivity index (χ2n) is 7.30. The first kappa shape index (κ1) is 19.9. The molecule has 27 heavy (non-hydrogen) atoms. The van der Waals surface area contributed by atoms with Crippen LogP contribution in [0.25, 0.3) is 0 Å². The predicted octanol–water partition coefficient (Wildman–Crippen LogP) is 4.89. The molecular weight excluding hydrogens is 356 g/mol. The number of methoxy groups -OCH3 is 1. The van der Waals surface area contributed by atoms with Crippen LogP contribution in [0.15, 0.2) is 41.8 Å². The molecule has 3 rings (SSSR count). The maximum atomic E-state index is 13.0. The van der Waals surface area contributed by atoms with Gasteiger partial charge in [0.2, 0.25) is 5.91 Å². The van der Waals surface area contributed by atoms with Gasteiger partial charge in [0.15, 0.2) is 0 Å². The van der Waals surface area contributed by atoms with Crippen LogP contribution in [0, 0.1) is 0 Å². The SMILES string of the molecule is COc1ccc(C2CCCCCN2CC(=O)N(C)C(C)c2cccs2)cc1. The number of carbonyl (C=O) groups excluding carboxylic acids is 1. The molecule has 1 aliphatic rings. The fraction of sp³-hybridized carbons (Fsp3) is 0.500. The third kappa shape index (κ3) is 4.90. The predicted molar refractivity (Wildman–Crippen MR) is 111 cm³/mol. The molecule has 4 nitrogen and oxygen atoms in total. The van der Waals surface area contributed by atoms with Gasteiger partial charge >= 0.3 is 0 Å². The topological polar surface area (TPSA) is 32.8 Å². The van der Waals surface area contributed by atoms with Crippen molar-refractivity contribution in [2.75, 3.05) is 27.2 Å². The van der Waals surface area contributed by atoms with E-state index < -0.39 is 0 Å². The number of carbonyl (C=O) groups is 1. The number of thiophene rings is 1. The molecule has 1 fully saturated rings. The van der Waals surface area contributed by atoms with Crippen molar-refractivity contribution in [2.45, 2.75) is 44.7 Å². The highest BCUT2D eigenvalue weighted by Gasteiger charge is 2.27. The van der Waals surface area contributed by atoms with Crippen molar-refractivity contribution in [2.24, 2.45) is 0 Å². The Hall–Kier alpha value is -1.85. The highest BCUT2D eigenvalue weighted by atomic mass is 32.1. The van der Waals surface area contributed by atoms with E-state index in [0.29, 0.717) is 12.6 Å². The van der Waals surface area contributed by atoms with Crippen LogP contribution in [0.3, 0.4) is 0 Å². The maximum Gasteiger partial charge on any atom is 0.237 e.